The number of nitrogens with one attached hydrogen (secondary N) is 1. The second kappa shape index (κ2) is 8.42. The molecule has 0 bridgehead atoms. The number of anilines is 1. The summed E-state index contributed by atoms with van der Waals surface area (Å²) in [7, 11) is 0. The number of carbonyl (C=O) groups excluding carboxylic acids is 1. The van der Waals surface area contributed by atoms with Crippen LogP contribution in [0.2, 0.25) is 0 Å². The van der Waals surface area contributed by atoms with Crippen molar-refractivity contribution in [3.05, 3.63) is 64.6 Å². The third kappa shape index (κ3) is 4.68. The Balaban J connectivity index is 1.73. The van der Waals surface area contributed by atoms with Gasteiger partial charge in [-0.15, -0.1) is 0 Å². The van der Waals surface area contributed by atoms with Gasteiger partial charge in [0.25, 0.3) is 0 Å². The molecule has 6 nitrogen and oxygen atoms in total. The van der Waals surface area contributed by atoms with Crippen LogP contribution in [-0.4, -0.2) is 25.5 Å². The van der Waals surface area contributed by atoms with Gasteiger partial charge in [-0.3, -0.25) is 9.48 Å². The Morgan fingerprint density at radius 1 is 1.07 bits per heavy atom. The normalized spacial score (nSPS) is 11.2. The molecule has 0 unspecified atom stereocenters. The Morgan fingerprint density at radius 3 is 2.46 bits per heavy atom. The van der Waals surface area contributed by atoms with Crippen molar-refractivity contribution in [3.8, 4) is 0 Å². The van der Waals surface area contributed by atoms with Crippen molar-refractivity contribution in [2.24, 2.45) is 5.92 Å². The average Bonchev–Trinajstić information content (AvgIpc) is 3.09. The summed E-state index contributed by atoms with van der Waals surface area (Å²) in [6.07, 6.45) is 0.311. The van der Waals surface area contributed by atoms with Crippen LogP contribution in [0.5, 0.6) is 0 Å². The maximum Gasteiger partial charge on any atom is 0.230 e. The number of amides is 1. The number of hydrogen-bond acceptors (Lipinski definition) is 3. The molecule has 3 rings (SSSR count). The second-order valence-corrected chi connectivity index (χ2v) is 7.76. The summed E-state index contributed by atoms with van der Waals surface area (Å²) in [4.78, 5) is 12.7. The van der Waals surface area contributed by atoms with E-state index in [4.69, 9.17) is 0 Å². The molecule has 0 atom stereocenters. The van der Waals surface area contributed by atoms with Crippen molar-refractivity contribution in [2.75, 3.05) is 5.32 Å². The molecular weight excluding hydrogens is 350 g/mol. The van der Waals surface area contributed by atoms with E-state index in [-0.39, 0.29) is 5.91 Å². The van der Waals surface area contributed by atoms with Crippen LogP contribution >= 0.6 is 0 Å². The second-order valence-electron chi connectivity index (χ2n) is 7.76. The molecule has 0 radical (unpaired) electrons. The zero-order chi connectivity index (χ0) is 20.3. The summed E-state index contributed by atoms with van der Waals surface area (Å²) in [5.41, 5.74) is 5.01. The Morgan fingerprint density at radius 2 is 1.79 bits per heavy atom. The fourth-order valence-electron chi connectivity index (χ4n) is 3.38. The molecule has 1 aromatic carbocycles. The van der Waals surface area contributed by atoms with Crippen LogP contribution in [0.25, 0.3) is 0 Å². The van der Waals surface area contributed by atoms with Gasteiger partial charge < -0.3 is 5.32 Å². The van der Waals surface area contributed by atoms with Gasteiger partial charge >= 0.3 is 0 Å². The number of aryl methyl sites for hydroxylation is 2. The van der Waals surface area contributed by atoms with Crippen molar-refractivity contribution >= 4 is 11.7 Å². The number of aromatic nitrogens is 4. The van der Waals surface area contributed by atoms with Crippen molar-refractivity contribution in [1.82, 2.24) is 19.6 Å². The number of carbonyl (C=O) groups is 1. The van der Waals surface area contributed by atoms with E-state index in [1.165, 1.54) is 0 Å². The zero-order valence-corrected chi connectivity index (χ0v) is 17.4. The lowest BCUT2D eigenvalue weighted by Crippen LogP contribution is -2.18. The summed E-state index contributed by atoms with van der Waals surface area (Å²) in [5.74, 6) is 1.18. The van der Waals surface area contributed by atoms with Crippen LogP contribution in [0.4, 0.5) is 5.82 Å². The summed E-state index contributed by atoms with van der Waals surface area (Å²) in [5, 5.41) is 12.2. The number of benzene rings is 1. The summed E-state index contributed by atoms with van der Waals surface area (Å²) in [6, 6.07) is 12.0. The fourth-order valence-corrected chi connectivity index (χ4v) is 3.38. The van der Waals surface area contributed by atoms with E-state index in [9.17, 15) is 4.79 Å². The van der Waals surface area contributed by atoms with Crippen molar-refractivity contribution < 1.29 is 4.79 Å². The first-order chi connectivity index (χ1) is 13.3. The lowest BCUT2D eigenvalue weighted by atomic mass is 10.1. The first-order valence-corrected chi connectivity index (χ1v) is 9.74. The van der Waals surface area contributed by atoms with E-state index in [0.29, 0.717) is 18.9 Å². The number of rotatable bonds is 7. The Bertz CT molecular complexity index is 953. The van der Waals surface area contributed by atoms with Crippen LogP contribution in [0.15, 0.2) is 36.4 Å². The van der Waals surface area contributed by atoms with E-state index < -0.39 is 0 Å². The van der Waals surface area contributed by atoms with Gasteiger partial charge in [-0.2, -0.15) is 10.2 Å². The predicted molar refractivity (Wildman–Crippen MR) is 111 cm³/mol. The van der Waals surface area contributed by atoms with Gasteiger partial charge in [0.1, 0.15) is 5.82 Å². The third-order valence-electron chi connectivity index (χ3n) is 4.75. The first kappa shape index (κ1) is 19.9. The van der Waals surface area contributed by atoms with Crippen molar-refractivity contribution in [2.45, 2.75) is 54.1 Å². The van der Waals surface area contributed by atoms with Crippen molar-refractivity contribution in [1.29, 1.82) is 0 Å². The van der Waals surface area contributed by atoms with Gasteiger partial charge in [-0.05, 0) is 32.3 Å². The topological polar surface area (TPSA) is 64.7 Å². The summed E-state index contributed by atoms with van der Waals surface area (Å²) < 4.78 is 3.84. The molecule has 0 aliphatic heterocycles. The van der Waals surface area contributed by atoms with Crippen LogP contribution in [0.3, 0.4) is 0 Å². The number of nitrogens with zero attached hydrogens (tertiary/aromatic N) is 4. The van der Waals surface area contributed by atoms with E-state index in [1.807, 2.05) is 54.4 Å². The summed E-state index contributed by atoms with van der Waals surface area (Å²) in [6.45, 7) is 11.7. The van der Waals surface area contributed by atoms with Crippen LogP contribution in [-0.2, 0) is 24.3 Å². The molecule has 1 amide bonds. The molecule has 3 aromatic rings. The molecular formula is C22H29N5O. The highest BCUT2D eigenvalue weighted by atomic mass is 16.1. The van der Waals surface area contributed by atoms with E-state index >= 15 is 0 Å². The molecule has 2 aromatic heterocycles. The minimum atomic E-state index is -0.0514. The lowest BCUT2D eigenvalue weighted by Gasteiger charge is -2.10. The molecule has 1 N–H and O–H groups in total. The van der Waals surface area contributed by atoms with Crippen molar-refractivity contribution in [3.63, 3.8) is 0 Å². The quantitative estimate of drug-likeness (QED) is 0.677. The van der Waals surface area contributed by atoms with Gasteiger partial charge in [0.15, 0.2) is 0 Å². The predicted octanol–water partition coefficient (Wildman–Crippen LogP) is 3.89. The lowest BCUT2D eigenvalue weighted by molar-refractivity contribution is -0.115. The average molecular weight is 380 g/mol. The monoisotopic (exact) mass is 379 g/mol. The van der Waals surface area contributed by atoms with Gasteiger partial charge in [0.2, 0.25) is 5.91 Å². The largest absolute Gasteiger partial charge is 0.311 e. The van der Waals surface area contributed by atoms with Crippen LogP contribution in [0, 0.1) is 26.7 Å². The molecule has 0 saturated carbocycles. The van der Waals surface area contributed by atoms with Crippen LogP contribution in [0.1, 0.15) is 42.1 Å². The highest BCUT2D eigenvalue weighted by Crippen LogP contribution is 2.18. The third-order valence-corrected chi connectivity index (χ3v) is 4.75. The highest BCUT2D eigenvalue weighted by molar-refractivity contribution is 5.91. The first-order valence-electron chi connectivity index (χ1n) is 9.74. The smallest absolute Gasteiger partial charge is 0.230 e. The SMILES string of the molecule is Cc1cc(NC(=O)Cc2c(C)nn(CC(C)C)c2C)n(Cc2ccccc2)n1. The molecule has 28 heavy (non-hydrogen) atoms. The molecule has 0 spiro atoms. The Kier molecular flexibility index (Phi) is 5.97. The Labute approximate surface area is 166 Å². The van der Waals surface area contributed by atoms with E-state index in [1.54, 1.807) is 0 Å². The maximum atomic E-state index is 12.7. The minimum absolute atomic E-state index is 0.0514. The molecule has 0 fully saturated rings. The molecule has 6 heteroatoms. The van der Waals surface area contributed by atoms with Gasteiger partial charge in [0, 0.05) is 23.9 Å². The molecule has 148 valence electrons. The van der Waals surface area contributed by atoms with Gasteiger partial charge in [0.05, 0.1) is 24.4 Å². The Hall–Kier alpha value is -2.89. The van der Waals surface area contributed by atoms with Gasteiger partial charge in [-0.1, -0.05) is 44.2 Å². The van der Waals surface area contributed by atoms with E-state index in [2.05, 4.69) is 41.5 Å². The van der Waals surface area contributed by atoms with Gasteiger partial charge in [-0.25, -0.2) is 4.68 Å². The molecule has 2 heterocycles. The van der Waals surface area contributed by atoms with Crippen LogP contribution < -0.4 is 5.32 Å². The fraction of sp³-hybridized carbons (Fsp3) is 0.409. The molecule has 0 aliphatic carbocycles. The maximum absolute atomic E-state index is 12.7. The zero-order valence-electron chi connectivity index (χ0n) is 17.4. The molecule has 0 saturated heterocycles. The van der Waals surface area contributed by atoms with E-state index in [0.717, 1.165) is 40.6 Å². The minimum Gasteiger partial charge on any atom is -0.311 e. The highest BCUT2D eigenvalue weighted by Gasteiger charge is 2.17. The summed E-state index contributed by atoms with van der Waals surface area (Å²) >= 11 is 0. The molecule has 0 aliphatic rings. The standard InChI is InChI=1S/C22H29N5O/c1-15(2)13-26-18(5)20(17(4)25-26)12-22(28)23-21-11-16(3)24-27(21)14-19-9-7-6-8-10-19/h6-11,15H,12-14H2,1-5H3,(H,23,28). The number of hydrogen-bond donors (Lipinski definition) is 1.